The molecule has 0 saturated carbocycles. The van der Waals surface area contributed by atoms with E-state index >= 15 is 0 Å². The fourth-order valence-corrected chi connectivity index (χ4v) is 1.56. The van der Waals surface area contributed by atoms with Crippen LogP contribution in [-0.2, 0) is 0 Å². The highest BCUT2D eigenvalue weighted by atomic mass is 16.7. The van der Waals surface area contributed by atoms with Crippen LogP contribution < -0.4 is 15.2 Å². The molecule has 6 nitrogen and oxygen atoms in total. The second-order valence-electron chi connectivity index (χ2n) is 3.27. The first-order valence-electron chi connectivity index (χ1n) is 4.62. The Kier molecular flexibility index (Phi) is 1.70. The minimum absolute atomic E-state index is 0.0123. The zero-order valence-electron chi connectivity index (χ0n) is 8.14. The number of hydrogen-bond donors (Lipinski definition) is 1. The summed E-state index contributed by atoms with van der Waals surface area (Å²) in [6.45, 7) is -0.0123. The summed E-state index contributed by atoms with van der Waals surface area (Å²) >= 11 is 0. The molecule has 80 valence electrons. The van der Waals surface area contributed by atoms with Gasteiger partial charge < -0.3 is 15.2 Å². The van der Waals surface area contributed by atoms with Crippen LogP contribution in [0.5, 0.6) is 11.6 Å². The van der Waals surface area contributed by atoms with Crippen molar-refractivity contribution in [2.45, 2.75) is 0 Å². The van der Waals surface area contributed by atoms with Crippen LogP contribution in [0, 0.1) is 0 Å². The zero-order chi connectivity index (χ0) is 11.1. The van der Waals surface area contributed by atoms with Crippen molar-refractivity contribution in [3.63, 3.8) is 0 Å². The highest BCUT2D eigenvalue weighted by molar-refractivity contribution is 5.96. The lowest BCUT2D eigenvalue weighted by atomic mass is 10.2. The van der Waals surface area contributed by atoms with Crippen LogP contribution in [0.3, 0.4) is 0 Å². The summed E-state index contributed by atoms with van der Waals surface area (Å²) in [4.78, 5) is 19.4. The van der Waals surface area contributed by atoms with Crippen molar-refractivity contribution in [2.24, 2.45) is 5.73 Å². The third kappa shape index (κ3) is 1.16. The largest absolute Gasteiger partial charge is 0.455 e. The van der Waals surface area contributed by atoms with Crippen molar-refractivity contribution in [3.05, 3.63) is 23.9 Å². The highest BCUT2D eigenvalue weighted by Gasteiger charge is 2.19. The van der Waals surface area contributed by atoms with Gasteiger partial charge in [-0.05, 0) is 12.1 Å². The molecule has 16 heavy (non-hydrogen) atoms. The minimum Gasteiger partial charge on any atom is -0.455 e. The van der Waals surface area contributed by atoms with Crippen molar-refractivity contribution < 1.29 is 14.3 Å². The molecule has 0 radical (unpaired) electrons. The SMILES string of the molecule is NC(=O)c1nc2cccc3c2nc1OCO3. The van der Waals surface area contributed by atoms with Crippen LogP contribution in [0.2, 0.25) is 0 Å². The van der Waals surface area contributed by atoms with E-state index in [-0.39, 0.29) is 18.4 Å². The van der Waals surface area contributed by atoms with Gasteiger partial charge in [-0.1, -0.05) is 6.07 Å². The molecule has 2 bridgehead atoms. The van der Waals surface area contributed by atoms with Gasteiger partial charge in [0.05, 0.1) is 5.52 Å². The first kappa shape index (κ1) is 8.90. The van der Waals surface area contributed by atoms with E-state index < -0.39 is 5.91 Å². The second kappa shape index (κ2) is 3.06. The smallest absolute Gasteiger partial charge is 0.272 e. The van der Waals surface area contributed by atoms with Crippen LogP contribution in [0.25, 0.3) is 11.0 Å². The lowest BCUT2D eigenvalue weighted by molar-refractivity contribution is 0.0970. The number of ether oxygens (including phenoxy) is 2. The molecule has 3 rings (SSSR count). The Labute approximate surface area is 90.0 Å². The fraction of sp³-hybridized carbons (Fsp3) is 0.100. The van der Waals surface area contributed by atoms with Crippen molar-refractivity contribution >= 4 is 16.9 Å². The quantitative estimate of drug-likeness (QED) is 0.749. The summed E-state index contributed by atoms with van der Waals surface area (Å²) in [6, 6.07) is 5.26. The Morgan fingerprint density at radius 2 is 2.19 bits per heavy atom. The number of aromatic nitrogens is 2. The van der Waals surface area contributed by atoms with E-state index in [1.807, 2.05) is 0 Å². The number of primary amides is 1. The van der Waals surface area contributed by atoms with E-state index in [2.05, 4.69) is 9.97 Å². The van der Waals surface area contributed by atoms with E-state index in [1.54, 1.807) is 18.2 Å². The van der Waals surface area contributed by atoms with Crippen molar-refractivity contribution in [1.29, 1.82) is 0 Å². The summed E-state index contributed by atoms with van der Waals surface area (Å²) < 4.78 is 10.5. The number of hydrogen-bond acceptors (Lipinski definition) is 5. The first-order valence-corrected chi connectivity index (χ1v) is 4.62. The first-order chi connectivity index (χ1) is 7.75. The van der Waals surface area contributed by atoms with Gasteiger partial charge >= 0.3 is 0 Å². The lowest BCUT2D eigenvalue weighted by Gasteiger charge is -2.03. The van der Waals surface area contributed by atoms with Gasteiger partial charge in [0.2, 0.25) is 12.7 Å². The Morgan fingerprint density at radius 1 is 1.31 bits per heavy atom. The molecule has 2 heterocycles. The van der Waals surface area contributed by atoms with E-state index in [0.717, 1.165) is 0 Å². The molecule has 6 heteroatoms. The predicted molar refractivity (Wildman–Crippen MR) is 54.2 cm³/mol. The maximum Gasteiger partial charge on any atom is 0.272 e. The molecule has 1 aromatic carbocycles. The summed E-state index contributed by atoms with van der Waals surface area (Å²) in [5.41, 5.74) is 6.34. The average molecular weight is 217 g/mol. The van der Waals surface area contributed by atoms with E-state index in [0.29, 0.717) is 16.8 Å². The minimum atomic E-state index is -0.670. The van der Waals surface area contributed by atoms with Gasteiger partial charge in [0.1, 0.15) is 5.52 Å². The number of nitrogens with two attached hydrogens (primary N) is 1. The Hall–Kier alpha value is -2.37. The summed E-state index contributed by atoms with van der Waals surface area (Å²) in [5, 5.41) is 0. The Bertz CT molecular complexity index is 597. The molecule has 0 unspecified atom stereocenters. The summed E-state index contributed by atoms with van der Waals surface area (Å²) in [7, 11) is 0. The van der Waals surface area contributed by atoms with Gasteiger partial charge in [-0.25, -0.2) is 9.97 Å². The third-order valence-electron chi connectivity index (χ3n) is 2.27. The molecule has 1 aliphatic heterocycles. The number of nitrogens with zero attached hydrogens (tertiary/aromatic N) is 2. The highest BCUT2D eigenvalue weighted by Crippen LogP contribution is 2.28. The molecule has 1 amide bonds. The fourth-order valence-electron chi connectivity index (χ4n) is 1.56. The van der Waals surface area contributed by atoms with Crippen molar-refractivity contribution in [3.8, 4) is 11.6 Å². The summed E-state index contributed by atoms with van der Waals surface area (Å²) in [6.07, 6.45) is 0. The van der Waals surface area contributed by atoms with Gasteiger partial charge in [0.25, 0.3) is 5.91 Å². The monoisotopic (exact) mass is 217 g/mol. The molecule has 2 aromatic rings. The number of carbonyl (C=O) groups is 1. The molecular formula is C10H7N3O3. The molecule has 0 spiro atoms. The van der Waals surface area contributed by atoms with Crippen molar-refractivity contribution in [2.75, 3.05) is 6.79 Å². The molecule has 0 atom stereocenters. The van der Waals surface area contributed by atoms with Crippen LogP contribution in [0.1, 0.15) is 10.5 Å². The Balaban J connectivity index is 2.39. The van der Waals surface area contributed by atoms with Crippen LogP contribution in [0.15, 0.2) is 18.2 Å². The number of amides is 1. The van der Waals surface area contributed by atoms with Crippen molar-refractivity contribution in [1.82, 2.24) is 9.97 Å². The Morgan fingerprint density at radius 3 is 3.00 bits per heavy atom. The van der Waals surface area contributed by atoms with Gasteiger partial charge in [-0.15, -0.1) is 0 Å². The second-order valence-corrected chi connectivity index (χ2v) is 3.27. The third-order valence-corrected chi connectivity index (χ3v) is 2.27. The van der Waals surface area contributed by atoms with E-state index in [1.165, 1.54) is 0 Å². The number of carbonyl (C=O) groups excluding carboxylic acids is 1. The topological polar surface area (TPSA) is 87.3 Å². The zero-order valence-corrected chi connectivity index (χ0v) is 8.14. The van der Waals surface area contributed by atoms with Crippen LogP contribution in [-0.4, -0.2) is 22.7 Å². The van der Waals surface area contributed by atoms with Crippen LogP contribution in [0.4, 0.5) is 0 Å². The standard InChI is InChI=1S/C10H7N3O3/c11-9(14)8-10-13-7-5(12-8)2-1-3-6(7)15-4-16-10/h1-3H,4H2,(H2,11,14). The number of benzene rings is 1. The van der Waals surface area contributed by atoms with E-state index in [4.69, 9.17) is 15.2 Å². The number of rotatable bonds is 1. The van der Waals surface area contributed by atoms with E-state index in [9.17, 15) is 4.79 Å². The van der Waals surface area contributed by atoms with Gasteiger partial charge in [-0.3, -0.25) is 4.79 Å². The van der Waals surface area contributed by atoms with Gasteiger partial charge in [0, 0.05) is 0 Å². The number of fused-ring (bicyclic) bond motifs is 1. The molecule has 0 fully saturated rings. The molecular weight excluding hydrogens is 210 g/mol. The lowest BCUT2D eigenvalue weighted by Crippen LogP contribution is -2.16. The molecule has 0 saturated heterocycles. The molecule has 1 aromatic heterocycles. The maximum absolute atomic E-state index is 11.2. The molecule has 2 N–H and O–H groups in total. The van der Waals surface area contributed by atoms with Crippen LogP contribution >= 0.6 is 0 Å². The predicted octanol–water partition coefficient (Wildman–Crippen LogP) is 0.457. The maximum atomic E-state index is 11.2. The average Bonchev–Trinajstić information content (AvgIpc) is 2.47. The number of para-hydroxylation sites is 1. The molecule has 0 aliphatic carbocycles. The van der Waals surface area contributed by atoms with Gasteiger partial charge in [-0.2, -0.15) is 0 Å². The summed E-state index contributed by atoms with van der Waals surface area (Å²) in [5.74, 6) is 0.0291. The van der Waals surface area contributed by atoms with Gasteiger partial charge in [0.15, 0.2) is 11.4 Å². The normalized spacial score (nSPS) is 13.0. The molecule has 1 aliphatic rings.